The SMILES string of the molecule is O=C(c1ccc2c(c1)CCCN2)c1cscc1Br. The van der Waals surface area contributed by atoms with E-state index in [0.29, 0.717) is 0 Å². The molecule has 0 unspecified atom stereocenters. The van der Waals surface area contributed by atoms with Gasteiger partial charge >= 0.3 is 0 Å². The molecule has 0 radical (unpaired) electrons. The summed E-state index contributed by atoms with van der Waals surface area (Å²) in [5, 5.41) is 7.19. The second kappa shape index (κ2) is 4.86. The fraction of sp³-hybridized carbons (Fsp3) is 0.214. The highest BCUT2D eigenvalue weighted by Gasteiger charge is 2.16. The first kappa shape index (κ1) is 11.9. The van der Waals surface area contributed by atoms with Crippen LogP contribution in [0.25, 0.3) is 0 Å². The fourth-order valence-corrected chi connectivity index (χ4v) is 3.67. The minimum atomic E-state index is 0.0940. The first-order valence-corrected chi connectivity index (χ1v) is 7.62. The predicted octanol–water partition coefficient (Wildman–Crippen LogP) is 4.10. The number of benzene rings is 1. The Bertz CT molecular complexity index is 606. The minimum absolute atomic E-state index is 0.0940. The van der Waals surface area contributed by atoms with Crippen LogP contribution in [0.5, 0.6) is 0 Å². The third kappa shape index (κ3) is 2.10. The molecule has 18 heavy (non-hydrogen) atoms. The number of anilines is 1. The van der Waals surface area contributed by atoms with Crippen LogP contribution in [-0.2, 0) is 6.42 Å². The Labute approximate surface area is 118 Å². The van der Waals surface area contributed by atoms with Gasteiger partial charge in [-0.1, -0.05) is 0 Å². The van der Waals surface area contributed by atoms with Crippen LogP contribution in [0.1, 0.15) is 27.9 Å². The number of aryl methyl sites for hydroxylation is 1. The van der Waals surface area contributed by atoms with Crippen molar-refractivity contribution in [1.29, 1.82) is 0 Å². The maximum atomic E-state index is 12.4. The number of hydrogen-bond acceptors (Lipinski definition) is 3. The van der Waals surface area contributed by atoms with Gasteiger partial charge in [-0.05, 0) is 52.5 Å². The summed E-state index contributed by atoms with van der Waals surface area (Å²) in [7, 11) is 0. The number of carbonyl (C=O) groups excluding carboxylic acids is 1. The molecule has 0 saturated carbocycles. The molecule has 3 rings (SSSR count). The van der Waals surface area contributed by atoms with Gasteiger partial charge in [0.15, 0.2) is 5.78 Å². The molecule has 1 aliphatic rings. The van der Waals surface area contributed by atoms with E-state index in [0.717, 1.165) is 35.0 Å². The summed E-state index contributed by atoms with van der Waals surface area (Å²) < 4.78 is 0.883. The van der Waals surface area contributed by atoms with Crippen molar-refractivity contribution in [2.75, 3.05) is 11.9 Å². The summed E-state index contributed by atoms with van der Waals surface area (Å²) in [5.74, 6) is 0.0940. The molecule has 0 atom stereocenters. The number of nitrogens with one attached hydrogen (secondary N) is 1. The largest absolute Gasteiger partial charge is 0.385 e. The summed E-state index contributed by atoms with van der Waals surface area (Å²) in [6.45, 7) is 1.02. The first-order chi connectivity index (χ1) is 8.75. The highest BCUT2D eigenvalue weighted by molar-refractivity contribution is 9.10. The average molecular weight is 322 g/mol. The maximum Gasteiger partial charge on any atom is 0.195 e. The van der Waals surface area contributed by atoms with Crippen LogP contribution < -0.4 is 5.32 Å². The van der Waals surface area contributed by atoms with Crippen LogP contribution in [0.2, 0.25) is 0 Å². The molecule has 1 aromatic heterocycles. The Morgan fingerprint density at radius 1 is 1.33 bits per heavy atom. The van der Waals surface area contributed by atoms with Gasteiger partial charge < -0.3 is 5.32 Å². The number of carbonyl (C=O) groups is 1. The number of halogens is 1. The maximum absolute atomic E-state index is 12.4. The van der Waals surface area contributed by atoms with Crippen LogP contribution in [0.15, 0.2) is 33.4 Å². The van der Waals surface area contributed by atoms with Gasteiger partial charge in [0.2, 0.25) is 0 Å². The van der Waals surface area contributed by atoms with Crippen LogP contribution >= 0.6 is 27.3 Å². The molecule has 2 heterocycles. The molecule has 0 saturated heterocycles. The van der Waals surface area contributed by atoms with Crippen LogP contribution in [0.3, 0.4) is 0 Å². The second-order valence-corrected chi connectivity index (χ2v) is 5.96. The van der Waals surface area contributed by atoms with Crippen molar-refractivity contribution in [2.45, 2.75) is 12.8 Å². The smallest absolute Gasteiger partial charge is 0.195 e. The standard InChI is InChI=1S/C14H12BrNOS/c15-12-8-18-7-11(12)14(17)10-3-4-13-9(6-10)2-1-5-16-13/h3-4,6-8,16H,1-2,5H2. The first-order valence-electron chi connectivity index (χ1n) is 5.89. The molecular weight excluding hydrogens is 310 g/mol. The lowest BCUT2D eigenvalue weighted by molar-refractivity contribution is 0.103. The zero-order valence-corrected chi connectivity index (χ0v) is 12.1. The molecule has 0 fully saturated rings. The molecule has 0 bridgehead atoms. The van der Waals surface area contributed by atoms with E-state index in [1.807, 2.05) is 29.0 Å². The summed E-state index contributed by atoms with van der Waals surface area (Å²) in [5.41, 5.74) is 3.95. The number of rotatable bonds is 2. The van der Waals surface area contributed by atoms with E-state index in [9.17, 15) is 4.79 Å². The molecule has 0 amide bonds. The third-order valence-corrected chi connectivity index (χ3v) is 4.87. The van der Waals surface area contributed by atoms with Gasteiger partial charge in [0.05, 0.1) is 0 Å². The molecule has 1 N–H and O–H groups in total. The summed E-state index contributed by atoms with van der Waals surface area (Å²) in [4.78, 5) is 12.4. The Morgan fingerprint density at radius 3 is 3.00 bits per heavy atom. The number of hydrogen-bond donors (Lipinski definition) is 1. The summed E-state index contributed by atoms with van der Waals surface area (Å²) >= 11 is 4.95. The Kier molecular flexibility index (Phi) is 3.22. The molecule has 4 heteroatoms. The quantitative estimate of drug-likeness (QED) is 0.844. The zero-order valence-electron chi connectivity index (χ0n) is 9.70. The lowest BCUT2D eigenvalue weighted by Crippen LogP contribution is -2.12. The van der Waals surface area contributed by atoms with Gasteiger partial charge in [-0.3, -0.25) is 4.79 Å². The van der Waals surface area contributed by atoms with E-state index >= 15 is 0 Å². The predicted molar refractivity (Wildman–Crippen MR) is 78.7 cm³/mol. The fourth-order valence-electron chi connectivity index (χ4n) is 2.22. The lowest BCUT2D eigenvalue weighted by atomic mass is 9.97. The average Bonchev–Trinajstić information content (AvgIpc) is 2.83. The van der Waals surface area contributed by atoms with Crippen molar-refractivity contribution < 1.29 is 4.79 Å². The molecule has 1 aromatic carbocycles. The highest BCUT2D eigenvalue weighted by Crippen LogP contribution is 2.27. The van der Waals surface area contributed by atoms with Crippen molar-refractivity contribution >= 4 is 38.7 Å². The zero-order chi connectivity index (χ0) is 12.5. The highest BCUT2D eigenvalue weighted by atomic mass is 79.9. The van der Waals surface area contributed by atoms with Gasteiger partial charge in [0.25, 0.3) is 0 Å². The minimum Gasteiger partial charge on any atom is -0.385 e. The lowest BCUT2D eigenvalue weighted by Gasteiger charge is -2.18. The number of thiophene rings is 1. The van der Waals surface area contributed by atoms with E-state index in [-0.39, 0.29) is 5.78 Å². The van der Waals surface area contributed by atoms with Gasteiger partial charge in [-0.25, -0.2) is 0 Å². The van der Waals surface area contributed by atoms with E-state index < -0.39 is 0 Å². The molecule has 2 nitrogen and oxygen atoms in total. The third-order valence-electron chi connectivity index (χ3n) is 3.17. The van der Waals surface area contributed by atoms with Crippen LogP contribution in [-0.4, -0.2) is 12.3 Å². The van der Waals surface area contributed by atoms with Crippen molar-refractivity contribution in [3.05, 3.63) is 50.1 Å². The molecular formula is C14H12BrNOS. The van der Waals surface area contributed by atoms with E-state index in [1.54, 1.807) is 0 Å². The van der Waals surface area contributed by atoms with Crippen LogP contribution in [0.4, 0.5) is 5.69 Å². The van der Waals surface area contributed by atoms with E-state index in [2.05, 4.69) is 21.2 Å². The van der Waals surface area contributed by atoms with Crippen molar-refractivity contribution in [1.82, 2.24) is 0 Å². The summed E-state index contributed by atoms with van der Waals surface area (Å²) in [6.07, 6.45) is 2.18. The normalized spacial score (nSPS) is 13.8. The Hall–Kier alpha value is -1.13. The van der Waals surface area contributed by atoms with Crippen molar-refractivity contribution in [3.8, 4) is 0 Å². The Morgan fingerprint density at radius 2 is 2.22 bits per heavy atom. The number of ketones is 1. The molecule has 0 aliphatic carbocycles. The van der Waals surface area contributed by atoms with Gasteiger partial charge in [0.1, 0.15) is 0 Å². The van der Waals surface area contributed by atoms with Gasteiger partial charge in [0, 0.05) is 38.6 Å². The molecule has 2 aromatic rings. The number of fused-ring (bicyclic) bond motifs is 1. The van der Waals surface area contributed by atoms with E-state index in [1.165, 1.54) is 22.6 Å². The van der Waals surface area contributed by atoms with Crippen molar-refractivity contribution in [3.63, 3.8) is 0 Å². The monoisotopic (exact) mass is 321 g/mol. The van der Waals surface area contributed by atoms with Gasteiger partial charge in [-0.15, -0.1) is 0 Å². The molecule has 92 valence electrons. The molecule has 0 spiro atoms. The second-order valence-electron chi connectivity index (χ2n) is 4.36. The van der Waals surface area contributed by atoms with E-state index in [4.69, 9.17) is 0 Å². The molecule has 1 aliphatic heterocycles. The van der Waals surface area contributed by atoms with Crippen LogP contribution in [0, 0.1) is 0 Å². The van der Waals surface area contributed by atoms with Gasteiger partial charge in [-0.2, -0.15) is 11.3 Å². The topological polar surface area (TPSA) is 29.1 Å². The van der Waals surface area contributed by atoms with Crippen molar-refractivity contribution in [2.24, 2.45) is 0 Å². The Balaban J connectivity index is 1.98. The summed E-state index contributed by atoms with van der Waals surface area (Å²) in [6, 6.07) is 5.94.